The van der Waals surface area contributed by atoms with E-state index in [0.717, 1.165) is 44.9 Å². The molecule has 26 heavy (non-hydrogen) atoms. The molecule has 0 atom stereocenters. The van der Waals surface area contributed by atoms with E-state index in [1.807, 2.05) is 13.8 Å². The van der Waals surface area contributed by atoms with Crippen molar-refractivity contribution in [2.24, 2.45) is 0 Å². The Balaban J connectivity index is 2.18. The van der Waals surface area contributed by atoms with Gasteiger partial charge in [-0.3, -0.25) is 4.79 Å². The number of ether oxygens (including phenoxy) is 2. The predicted molar refractivity (Wildman–Crippen MR) is 102 cm³/mol. The molecule has 1 fully saturated rings. The van der Waals surface area contributed by atoms with E-state index in [1.165, 1.54) is 0 Å². The molecule has 2 rings (SSSR count). The number of nitrogens with zero attached hydrogens (tertiary/aromatic N) is 1. The van der Waals surface area contributed by atoms with Gasteiger partial charge in [0.1, 0.15) is 17.4 Å². The molecule has 0 saturated heterocycles. The number of amides is 1. The molecule has 0 radical (unpaired) electrons. The Labute approximate surface area is 156 Å². The lowest BCUT2D eigenvalue weighted by atomic mass is 9.92. The summed E-state index contributed by atoms with van der Waals surface area (Å²) in [6.07, 6.45) is 6.66. The summed E-state index contributed by atoms with van der Waals surface area (Å²) in [5, 5.41) is 12.3. The predicted octanol–water partition coefficient (Wildman–Crippen LogP) is 4.80. The van der Waals surface area contributed by atoms with Crippen LogP contribution in [-0.4, -0.2) is 24.2 Å². The Kier molecular flexibility index (Phi) is 7.47. The first-order chi connectivity index (χ1) is 12.5. The first kappa shape index (κ1) is 20.3. The third kappa shape index (κ3) is 5.22. The van der Waals surface area contributed by atoms with E-state index in [-0.39, 0.29) is 12.0 Å². The highest BCUT2D eigenvalue weighted by atomic mass is 16.5. The van der Waals surface area contributed by atoms with Crippen molar-refractivity contribution in [3.63, 3.8) is 0 Å². The van der Waals surface area contributed by atoms with Gasteiger partial charge >= 0.3 is 0 Å². The minimum atomic E-state index is -0.758. The van der Waals surface area contributed by atoms with E-state index in [0.29, 0.717) is 23.6 Å². The van der Waals surface area contributed by atoms with Crippen LogP contribution in [0.25, 0.3) is 0 Å². The quantitative estimate of drug-likeness (QED) is 0.710. The summed E-state index contributed by atoms with van der Waals surface area (Å²) in [5.74, 6) is 0.432. The molecule has 1 aromatic carbocycles. The average Bonchev–Trinajstić information content (AvgIpc) is 2.87. The molecule has 1 aliphatic rings. The molecule has 142 valence electrons. The second-order valence-electron chi connectivity index (χ2n) is 7.20. The largest absolute Gasteiger partial charge is 0.490 e. The Bertz CT molecular complexity index is 641. The van der Waals surface area contributed by atoms with Gasteiger partial charge in [0.25, 0.3) is 5.91 Å². The van der Waals surface area contributed by atoms with Crippen molar-refractivity contribution >= 4 is 11.6 Å². The van der Waals surface area contributed by atoms with Gasteiger partial charge in [-0.2, -0.15) is 5.26 Å². The third-order valence-corrected chi connectivity index (χ3v) is 4.63. The molecule has 0 unspecified atom stereocenters. The molecule has 0 aromatic heterocycles. The average molecular weight is 358 g/mol. The molecule has 1 amide bonds. The van der Waals surface area contributed by atoms with Crippen LogP contribution < -0.4 is 10.1 Å². The molecule has 5 heteroatoms. The van der Waals surface area contributed by atoms with E-state index in [4.69, 9.17) is 9.47 Å². The van der Waals surface area contributed by atoms with Crippen molar-refractivity contribution in [3.8, 4) is 11.8 Å². The molecule has 1 N–H and O–H groups in total. The summed E-state index contributed by atoms with van der Waals surface area (Å²) in [6, 6.07) is 7.32. The molecule has 5 nitrogen and oxygen atoms in total. The standard InChI is InChI=1S/C21H30N2O3/c1-4-13-25-21(11-7-5-6-8-12-21)20(24)23-18-9-10-19(26-16(2)3)17(14-18)15-22/h9-10,14,16H,4-8,11-13H2,1-3H3,(H,23,24). The highest BCUT2D eigenvalue weighted by molar-refractivity contribution is 5.97. The van der Waals surface area contributed by atoms with Crippen LogP contribution in [0.1, 0.15) is 71.3 Å². The van der Waals surface area contributed by atoms with Gasteiger partial charge < -0.3 is 14.8 Å². The van der Waals surface area contributed by atoms with E-state index in [2.05, 4.69) is 18.3 Å². The van der Waals surface area contributed by atoms with Crippen molar-refractivity contribution in [1.29, 1.82) is 5.26 Å². The summed E-state index contributed by atoms with van der Waals surface area (Å²) in [5.41, 5.74) is 0.263. The first-order valence-electron chi connectivity index (χ1n) is 9.67. The van der Waals surface area contributed by atoms with Crippen LogP contribution in [0.4, 0.5) is 5.69 Å². The van der Waals surface area contributed by atoms with Crippen LogP contribution >= 0.6 is 0 Å². The molecule has 0 heterocycles. The second kappa shape index (κ2) is 9.59. The van der Waals surface area contributed by atoms with E-state index < -0.39 is 5.60 Å². The second-order valence-corrected chi connectivity index (χ2v) is 7.20. The molecule has 0 aliphatic heterocycles. The maximum Gasteiger partial charge on any atom is 0.256 e. The number of hydrogen-bond acceptors (Lipinski definition) is 4. The monoisotopic (exact) mass is 358 g/mol. The number of carbonyl (C=O) groups is 1. The molecule has 1 aromatic rings. The zero-order chi connectivity index (χ0) is 19.0. The minimum Gasteiger partial charge on any atom is -0.490 e. The molecule has 0 spiro atoms. The summed E-state index contributed by atoms with van der Waals surface area (Å²) in [6.45, 7) is 6.46. The maximum absolute atomic E-state index is 13.1. The zero-order valence-electron chi connectivity index (χ0n) is 16.1. The Morgan fingerprint density at radius 1 is 1.27 bits per heavy atom. The highest BCUT2D eigenvalue weighted by Gasteiger charge is 2.39. The summed E-state index contributed by atoms with van der Waals surface area (Å²) < 4.78 is 11.7. The van der Waals surface area contributed by atoms with Gasteiger partial charge in [-0.15, -0.1) is 0 Å². The van der Waals surface area contributed by atoms with Crippen molar-refractivity contribution in [1.82, 2.24) is 0 Å². The van der Waals surface area contributed by atoms with Crippen LogP contribution in [0.3, 0.4) is 0 Å². The normalized spacial score (nSPS) is 16.6. The number of nitriles is 1. The summed E-state index contributed by atoms with van der Waals surface area (Å²) >= 11 is 0. The van der Waals surface area contributed by atoms with Crippen LogP contribution in [0.15, 0.2) is 18.2 Å². The summed E-state index contributed by atoms with van der Waals surface area (Å²) in [7, 11) is 0. The fraction of sp³-hybridized carbons (Fsp3) is 0.619. The van der Waals surface area contributed by atoms with Gasteiger partial charge in [-0.05, 0) is 51.3 Å². The zero-order valence-corrected chi connectivity index (χ0v) is 16.1. The van der Waals surface area contributed by atoms with Crippen molar-refractivity contribution in [2.75, 3.05) is 11.9 Å². The van der Waals surface area contributed by atoms with Crippen molar-refractivity contribution in [3.05, 3.63) is 23.8 Å². The van der Waals surface area contributed by atoms with Crippen LogP contribution in [0, 0.1) is 11.3 Å². The number of anilines is 1. The fourth-order valence-corrected chi connectivity index (χ4v) is 3.33. The smallest absolute Gasteiger partial charge is 0.256 e. The number of benzene rings is 1. The van der Waals surface area contributed by atoms with E-state index in [9.17, 15) is 10.1 Å². The van der Waals surface area contributed by atoms with Gasteiger partial charge in [-0.25, -0.2) is 0 Å². The Morgan fingerprint density at radius 3 is 2.54 bits per heavy atom. The topological polar surface area (TPSA) is 71.3 Å². The minimum absolute atomic E-state index is 0.0146. The lowest BCUT2D eigenvalue weighted by Gasteiger charge is -2.31. The van der Waals surface area contributed by atoms with E-state index in [1.54, 1.807) is 18.2 Å². The molecule has 0 bridgehead atoms. The van der Waals surface area contributed by atoms with Gasteiger partial charge in [0.2, 0.25) is 0 Å². The van der Waals surface area contributed by atoms with Crippen molar-refractivity contribution in [2.45, 2.75) is 77.4 Å². The SMILES string of the molecule is CCCOC1(C(=O)Nc2ccc(OC(C)C)c(C#N)c2)CCCCCC1. The lowest BCUT2D eigenvalue weighted by Crippen LogP contribution is -2.45. The van der Waals surface area contributed by atoms with Gasteiger partial charge in [0, 0.05) is 12.3 Å². The molecular formula is C21H30N2O3. The number of carbonyl (C=O) groups excluding carboxylic acids is 1. The fourth-order valence-electron chi connectivity index (χ4n) is 3.33. The van der Waals surface area contributed by atoms with Gasteiger partial charge in [0.05, 0.1) is 11.7 Å². The van der Waals surface area contributed by atoms with E-state index >= 15 is 0 Å². The van der Waals surface area contributed by atoms with Gasteiger partial charge in [0.15, 0.2) is 0 Å². The van der Waals surface area contributed by atoms with Crippen LogP contribution in [-0.2, 0) is 9.53 Å². The summed E-state index contributed by atoms with van der Waals surface area (Å²) in [4.78, 5) is 13.1. The van der Waals surface area contributed by atoms with Crippen LogP contribution in [0.5, 0.6) is 5.75 Å². The molecule has 1 saturated carbocycles. The maximum atomic E-state index is 13.1. The Morgan fingerprint density at radius 2 is 1.96 bits per heavy atom. The number of rotatable bonds is 7. The molecule has 1 aliphatic carbocycles. The number of hydrogen-bond donors (Lipinski definition) is 1. The molecular weight excluding hydrogens is 328 g/mol. The highest BCUT2D eigenvalue weighted by Crippen LogP contribution is 2.33. The van der Waals surface area contributed by atoms with Crippen LogP contribution in [0.2, 0.25) is 0 Å². The lowest BCUT2D eigenvalue weighted by molar-refractivity contribution is -0.143. The Hall–Kier alpha value is -2.06. The van der Waals surface area contributed by atoms with Gasteiger partial charge in [-0.1, -0.05) is 32.6 Å². The van der Waals surface area contributed by atoms with Crippen molar-refractivity contribution < 1.29 is 14.3 Å². The third-order valence-electron chi connectivity index (χ3n) is 4.63. The number of nitrogens with one attached hydrogen (secondary N) is 1. The first-order valence-corrected chi connectivity index (χ1v) is 9.67.